The molecule has 0 saturated heterocycles. The molecule has 6 amide bonds. The lowest BCUT2D eigenvalue weighted by molar-refractivity contribution is -0.149. The van der Waals surface area contributed by atoms with Gasteiger partial charge in [0, 0.05) is 53.0 Å². The molecule has 0 fully saturated rings. The third kappa shape index (κ3) is 11.4. The highest BCUT2D eigenvalue weighted by atomic mass is 32.1. The van der Waals surface area contributed by atoms with E-state index in [4.69, 9.17) is 29.4 Å². The van der Waals surface area contributed by atoms with E-state index in [1.165, 1.54) is 66.4 Å². The number of amides is 6. The Morgan fingerprint density at radius 2 is 1.50 bits per heavy atom. The van der Waals surface area contributed by atoms with Gasteiger partial charge in [-0.05, 0) is 24.6 Å². The summed E-state index contributed by atoms with van der Waals surface area (Å²) in [7, 11) is 2.88. The number of thiazole rings is 6. The Balaban J connectivity index is 1.15. The number of carbonyl (C=O) groups is 7. The van der Waals surface area contributed by atoms with E-state index in [0.29, 0.717) is 75.9 Å². The molecule has 22 nitrogen and oxygen atoms in total. The summed E-state index contributed by atoms with van der Waals surface area (Å²) in [5.41, 5.74) is 2.67. The fourth-order valence-corrected chi connectivity index (χ4v) is 12.5. The van der Waals surface area contributed by atoms with Crippen LogP contribution in [0.1, 0.15) is 88.3 Å². The minimum atomic E-state index is -1.07. The molecule has 0 spiro atoms. The molecule has 1 aliphatic rings. The third-order valence-corrected chi connectivity index (χ3v) is 16.3. The number of nitrogens with one attached hydrogen (secondary N) is 6. The van der Waals surface area contributed by atoms with Crippen LogP contribution in [-0.4, -0.2) is 97.5 Å². The van der Waals surface area contributed by atoms with E-state index in [2.05, 4.69) is 46.9 Å². The number of rotatable bonds is 10. The van der Waals surface area contributed by atoms with Crippen LogP contribution in [-0.2, 0) is 35.3 Å². The standard InChI is InChI=1S/C46H39N13O9S6/c1-20-33-40(66)59-46-58-35(29(74-46)14-67-4)39(65)48-13-32(63)56-36(37(68-21(2)61)22-8-6-5-7-9-22)45-54-28(17-71-45)43-52-26(15-70-43)34-23(10-11-24(50-34)42-55-30(18-72-42)49-19-60)41-53-27(16-69-41)38(64)51-25(12-31(62)47-3)44(57-33)73-20/h5-11,15-19,25,36-37H,12-14H2,1-4H3,(H,47,62)(H,48,65)(H,49,60)(H,51,64)(H,56,63)(H,58,59,66)/t25-,36-,37-/m0/s1. The Hall–Kier alpha value is -7.60. The molecule has 74 heavy (non-hydrogen) atoms. The van der Waals surface area contributed by atoms with Crippen molar-refractivity contribution in [3.8, 4) is 43.4 Å². The molecule has 8 heterocycles. The average Bonchev–Trinajstić information content (AvgIpc) is 4.26. The molecule has 0 radical (unpaired) electrons. The van der Waals surface area contributed by atoms with E-state index in [-0.39, 0.29) is 40.2 Å². The summed E-state index contributed by atoms with van der Waals surface area (Å²) in [5.74, 6) is -3.39. The first-order valence-corrected chi connectivity index (χ1v) is 27.1. The van der Waals surface area contributed by atoms with Gasteiger partial charge in [0.25, 0.3) is 17.7 Å². The fourth-order valence-electron chi connectivity index (χ4n) is 7.34. The summed E-state index contributed by atoms with van der Waals surface area (Å²) >= 11 is 6.97. The number of benzene rings is 1. The fraction of sp³-hybridized carbons (Fsp3) is 0.217. The molecule has 9 rings (SSSR count). The van der Waals surface area contributed by atoms with Gasteiger partial charge in [0.2, 0.25) is 18.2 Å². The molecule has 1 aromatic carbocycles. The first-order valence-electron chi connectivity index (χ1n) is 21.9. The van der Waals surface area contributed by atoms with E-state index in [9.17, 15) is 33.6 Å². The highest BCUT2D eigenvalue weighted by molar-refractivity contribution is 7.16. The van der Waals surface area contributed by atoms with Gasteiger partial charge in [-0.2, -0.15) is 0 Å². The largest absolute Gasteiger partial charge is 0.455 e. The number of pyridine rings is 1. The summed E-state index contributed by atoms with van der Waals surface area (Å²) in [6, 6.07) is 10.3. The molecule has 378 valence electrons. The normalized spacial score (nSPS) is 15.5. The van der Waals surface area contributed by atoms with E-state index in [0.717, 1.165) is 22.7 Å². The number of carbonyl (C=O) groups excluding carboxylic acids is 7. The number of nitrogens with zero attached hydrogens (tertiary/aromatic N) is 7. The number of aromatic nitrogens is 7. The quantitative estimate of drug-likeness (QED) is 0.0623. The maximum Gasteiger partial charge on any atom is 0.303 e. The van der Waals surface area contributed by atoms with Crippen LogP contribution in [0.5, 0.6) is 0 Å². The molecule has 10 bridgehead atoms. The number of ether oxygens (including phenoxy) is 2. The Labute approximate surface area is 443 Å². The molecule has 7 aromatic heterocycles. The topological polar surface area (TPSA) is 300 Å². The van der Waals surface area contributed by atoms with Crippen LogP contribution in [0.2, 0.25) is 0 Å². The Kier molecular flexibility index (Phi) is 15.7. The van der Waals surface area contributed by atoms with Crippen LogP contribution < -0.4 is 31.9 Å². The molecule has 8 aromatic rings. The zero-order chi connectivity index (χ0) is 52.0. The van der Waals surface area contributed by atoms with Gasteiger partial charge in [-0.25, -0.2) is 34.9 Å². The smallest absolute Gasteiger partial charge is 0.303 e. The van der Waals surface area contributed by atoms with E-state index < -0.39 is 60.2 Å². The van der Waals surface area contributed by atoms with Crippen LogP contribution in [0.3, 0.4) is 0 Å². The van der Waals surface area contributed by atoms with Crippen molar-refractivity contribution in [1.29, 1.82) is 0 Å². The lowest BCUT2D eigenvalue weighted by atomic mass is 10.0. The van der Waals surface area contributed by atoms with Gasteiger partial charge in [-0.15, -0.1) is 56.7 Å². The van der Waals surface area contributed by atoms with E-state index in [1.54, 1.807) is 70.9 Å². The molecule has 0 unspecified atom stereocenters. The molecule has 0 saturated carbocycles. The summed E-state index contributed by atoms with van der Waals surface area (Å²) < 4.78 is 11.2. The lowest BCUT2D eigenvalue weighted by Gasteiger charge is -2.26. The summed E-state index contributed by atoms with van der Waals surface area (Å²) in [5, 5.41) is 25.0. The average molecular weight is 1110 g/mol. The summed E-state index contributed by atoms with van der Waals surface area (Å²) in [4.78, 5) is 126. The predicted octanol–water partition coefficient (Wildman–Crippen LogP) is 6.58. The zero-order valence-electron chi connectivity index (χ0n) is 39.0. The number of hydrogen-bond acceptors (Lipinski definition) is 22. The van der Waals surface area contributed by atoms with Crippen LogP contribution in [0.15, 0.2) is 64.0 Å². The summed E-state index contributed by atoms with van der Waals surface area (Å²) in [6.07, 6.45) is -0.762. The summed E-state index contributed by atoms with van der Waals surface area (Å²) in [6.45, 7) is 2.31. The Bertz CT molecular complexity index is 3440. The molecular formula is C46H39N13O9S6. The SMILES string of the molecule is CNC(=O)C[C@@H]1NC(=O)c2csc(n2)-c2ccc(-c3nc(NC=O)cs3)nc2-c2csc(n2)-c2csc(n2)[C@H]([C@@H](OC(C)=O)c2ccccc2)NC(=O)CNC(=O)c2nc(sc2COC)NC(=O)c2nc1sc2C. The van der Waals surface area contributed by atoms with Crippen LogP contribution in [0.25, 0.3) is 43.4 Å². The van der Waals surface area contributed by atoms with Gasteiger partial charge in [0.15, 0.2) is 11.2 Å². The second kappa shape index (κ2) is 22.7. The van der Waals surface area contributed by atoms with Gasteiger partial charge >= 0.3 is 5.97 Å². The maximum atomic E-state index is 14.1. The van der Waals surface area contributed by atoms with E-state index >= 15 is 0 Å². The molecule has 0 aliphatic carbocycles. The maximum absolute atomic E-state index is 14.1. The Morgan fingerprint density at radius 3 is 2.27 bits per heavy atom. The van der Waals surface area contributed by atoms with Gasteiger partial charge in [0.1, 0.15) is 71.1 Å². The van der Waals surface area contributed by atoms with Crippen molar-refractivity contribution in [1.82, 2.24) is 56.2 Å². The van der Waals surface area contributed by atoms with Crippen molar-refractivity contribution < 1.29 is 43.0 Å². The van der Waals surface area contributed by atoms with Crippen molar-refractivity contribution in [2.75, 3.05) is 31.3 Å². The lowest BCUT2D eigenvalue weighted by Crippen LogP contribution is -2.41. The van der Waals surface area contributed by atoms with Crippen LogP contribution >= 0.6 is 68.0 Å². The first kappa shape index (κ1) is 51.3. The minimum absolute atomic E-state index is 0.0106. The molecule has 3 atom stereocenters. The number of hydrogen-bond donors (Lipinski definition) is 6. The van der Waals surface area contributed by atoms with Crippen LogP contribution in [0, 0.1) is 6.92 Å². The van der Waals surface area contributed by atoms with Gasteiger partial charge in [-0.1, -0.05) is 41.7 Å². The van der Waals surface area contributed by atoms with Gasteiger partial charge < -0.3 is 36.1 Å². The molecule has 1 aliphatic heterocycles. The number of methoxy groups -OCH3 is 1. The van der Waals surface area contributed by atoms with Gasteiger partial charge in [0.05, 0.1) is 36.2 Å². The minimum Gasteiger partial charge on any atom is -0.455 e. The van der Waals surface area contributed by atoms with Crippen molar-refractivity contribution in [3.63, 3.8) is 0 Å². The van der Waals surface area contributed by atoms with Crippen LogP contribution in [0.4, 0.5) is 10.9 Å². The molecular weight excluding hydrogens is 1070 g/mol. The molecule has 28 heteroatoms. The number of anilines is 2. The number of fused-ring (bicyclic) bond motifs is 14. The highest BCUT2D eigenvalue weighted by Gasteiger charge is 2.33. The van der Waals surface area contributed by atoms with Crippen molar-refractivity contribution in [2.24, 2.45) is 0 Å². The van der Waals surface area contributed by atoms with E-state index in [1.807, 2.05) is 0 Å². The monoisotopic (exact) mass is 1110 g/mol. The molecule has 6 N–H and O–H groups in total. The Morgan fingerprint density at radius 1 is 0.757 bits per heavy atom. The highest BCUT2D eigenvalue weighted by Crippen LogP contribution is 2.40. The van der Waals surface area contributed by atoms with Crippen molar-refractivity contribution in [3.05, 3.63) is 106 Å². The zero-order valence-corrected chi connectivity index (χ0v) is 43.9. The van der Waals surface area contributed by atoms with Crippen molar-refractivity contribution in [2.45, 2.75) is 45.1 Å². The van der Waals surface area contributed by atoms with Gasteiger partial charge in [-0.3, -0.25) is 38.9 Å². The third-order valence-electron chi connectivity index (χ3n) is 10.7. The first-order chi connectivity index (χ1) is 35.8. The number of aryl methyl sites for hydroxylation is 1. The number of esters is 1. The second-order valence-corrected chi connectivity index (χ2v) is 21.5. The van der Waals surface area contributed by atoms with Crippen molar-refractivity contribution >= 4 is 121 Å². The predicted molar refractivity (Wildman–Crippen MR) is 279 cm³/mol. The second-order valence-electron chi connectivity index (χ2n) is 15.7.